The lowest BCUT2D eigenvalue weighted by atomic mass is 10.1. The van der Waals surface area contributed by atoms with E-state index in [4.69, 9.17) is 27.9 Å². The number of hydrogen-bond donors (Lipinski definition) is 2. The Hall–Kier alpha value is -3.79. The zero-order valence-electron chi connectivity index (χ0n) is 17.6. The van der Waals surface area contributed by atoms with Gasteiger partial charge in [-0.05, 0) is 61.0 Å². The molecule has 3 rings (SSSR count). The number of nitriles is 1. The first kappa shape index (κ1) is 23.9. The molecule has 0 spiro atoms. The van der Waals surface area contributed by atoms with E-state index in [1.165, 1.54) is 6.08 Å². The molecule has 2 amide bonds. The Bertz CT molecular complexity index is 1270. The molecule has 0 aliphatic carbocycles. The van der Waals surface area contributed by atoms with E-state index in [-0.39, 0.29) is 17.9 Å². The zero-order chi connectivity index (χ0) is 23.8. The Balaban J connectivity index is 1.75. The van der Waals surface area contributed by atoms with E-state index in [0.717, 1.165) is 5.56 Å². The van der Waals surface area contributed by atoms with E-state index >= 15 is 0 Å². The Morgan fingerprint density at radius 2 is 1.82 bits per heavy atom. The summed E-state index contributed by atoms with van der Waals surface area (Å²) in [6, 6.07) is 20.6. The van der Waals surface area contributed by atoms with Crippen molar-refractivity contribution in [3.63, 3.8) is 0 Å². The standard InChI is InChI=1S/C25H19Cl2N3O3/c1-16-5-4-6-20(11-16)29-25(32)18(14-28)12-17-13-19(26)9-10-23(17)33-15-24(31)30-22-8-3-2-7-21(22)27/h2-13H,15H2,1H3,(H,29,32)(H,30,31)/b18-12+. The Kier molecular flexibility index (Phi) is 8.09. The van der Waals surface area contributed by atoms with E-state index in [1.54, 1.807) is 60.7 Å². The molecule has 0 radical (unpaired) electrons. The maximum Gasteiger partial charge on any atom is 0.266 e. The molecular weight excluding hydrogens is 461 g/mol. The molecule has 0 unspecified atom stereocenters. The molecule has 6 nitrogen and oxygen atoms in total. The smallest absolute Gasteiger partial charge is 0.266 e. The molecule has 2 N–H and O–H groups in total. The van der Waals surface area contributed by atoms with Gasteiger partial charge >= 0.3 is 0 Å². The summed E-state index contributed by atoms with van der Waals surface area (Å²) in [6.45, 7) is 1.58. The number of benzene rings is 3. The van der Waals surface area contributed by atoms with Crippen LogP contribution >= 0.6 is 23.2 Å². The van der Waals surface area contributed by atoms with E-state index < -0.39 is 11.8 Å². The summed E-state index contributed by atoms with van der Waals surface area (Å²) in [7, 11) is 0. The summed E-state index contributed by atoms with van der Waals surface area (Å²) in [4.78, 5) is 24.9. The fourth-order valence-electron chi connectivity index (χ4n) is 2.88. The maximum atomic E-state index is 12.6. The third-order valence-corrected chi connectivity index (χ3v) is 4.98. The van der Waals surface area contributed by atoms with Crippen molar-refractivity contribution in [3.05, 3.63) is 93.5 Å². The van der Waals surface area contributed by atoms with Crippen LogP contribution in [0, 0.1) is 18.3 Å². The lowest BCUT2D eigenvalue weighted by Crippen LogP contribution is -2.20. The van der Waals surface area contributed by atoms with Gasteiger partial charge in [0.1, 0.15) is 17.4 Å². The number of amides is 2. The minimum absolute atomic E-state index is 0.149. The Labute approximate surface area is 201 Å². The monoisotopic (exact) mass is 479 g/mol. The van der Waals surface area contributed by atoms with E-state index in [1.807, 2.05) is 19.1 Å². The summed E-state index contributed by atoms with van der Waals surface area (Å²) in [5.74, 6) is -0.721. The second-order valence-electron chi connectivity index (χ2n) is 6.99. The highest BCUT2D eigenvalue weighted by Gasteiger charge is 2.13. The predicted molar refractivity (Wildman–Crippen MR) is 130 cm³/mol. The van der Waals surface area contributed by atoms with Gasteiger partial charge in [-0.1, -0.05) is 47.5 Å². The second-order valence-corrected chi connectivity index (χ2v) is 7.84. The Morgan fingerprint density at radius 3 is 2.55 bits per heavy atom. The van der Waals surface area contributed by atoms with Crippen LogP contribution in [0.3, 0.4) is 0 Å². The minimum atomic E-state index is -0.578. The first-order chi connectivity index (χ1) is 15.9. The molecule has 0 saturated carbocycles. The van der Waals surface area contributed by atoms with Gasteiger partial charge in [-0.3, -0.25) is 9.59 Å². The van der Waals surface area contributed by atoms with Crippen molar-refractivity contribution in [1.29, 1.82) is 5.26 Å². The van der Waals surface area contributed by atoms with Gasteiger partial charge < -0.3 is 15.4 Å². The SMILES string of the molecule is Cc1cccc(NC(=O)/C(C#N)=C/c2cc(Cl)ccc2OCC(=O)Nc2ccccc2Cl)c1. The van der Waals surface area contributed by atoms with Gasteiger partial charge in [0.25, 0.3) is 11.8 Å². The van der Waals surface area contributed by atoms with Crippen LogP contribution in [-0.4, -0.2) is 18.4 Å². The van der Waals surface area contributed by atoms with E-state index in [9.17, 15) is 14.9 Å². The zero-order valence-corrected chi connectivity index (χ0v) is 19.1. The highest BCUT2D eigenvalue weighted by Crippen LogP contribution is 2.26. The molecule has 8 heteroatoms. The van der Waals surface area contributed by atoms with Crippen LogP contribution in [0.25, 0.3) is 6.08 Å². The molecule has 3 aromatic carbocycles. The van der Waals surface area contributed by atoms with Gasteiger partial charge in [0.05, 0.1) is 10.7 Å². The molecule has 0 atom stereocenters. The third-order valence-electron chi connectivity index (χ3n) is 4.42. The topological polar surface area (TPSA) is 91.2 Å². The van der Waals surface area contributed by atoms with E-state index in [2.05, 4.69) is 10.6 Å². The van der Waals surface area contributed by atoms with Crippen molar-refractivity contribution in [2.75, 3.05) is 17.2 Å². The average molecular weight is 480 g/mol. The Morgan fingerprint density at radius 1 is 1.03 bits per heavy atom. The first-order valence-corrected chi connectivity index (χ1v) is 10.6. The number of hydrogen-bond acceptors (Lipinski definition) is 4. The number of rotatable bonds is 7. The highest BCUT2D eigenvalue weighted by atomic mass is 35.5. The normalized spacial score (nSPS) is 10.8. The molecule has 166 valence electrons. The second kappa shape index (κ2) is 11.2. The molecule has 0 fully saturated rings. The number of carbonyl (C=O) groups is 2. The molecule has 3 aromatic rings. The number of ether oxygens (including phenoxy) is 1. The number of nitrogens with zero attached hydrogens (tertiary/aromatic N) is 1. The predicted octanol–water partition coefficient (Wildman–Crippen LogP) is 5.87. The first-order valence-electron chi connectivity index (χ1n) is 9.82. The lowest BCUT2D eigenvalue weighted by Gasteiger charge is -2.11. The van der Waals surface area contributed by atoms with Crippen LogP contribution in [0.15, 0.2) is 72.3 Å². The van der Waals surface area contributed by atoms with Crippen LogP contribution < -0.4 is 15.4 Å². The average Bonchev–Trinajstić information content (AvgIpc) is 2.78. The quantitative estimate of drug-likeness (QED) is 0.327. The molecule has 0 saturated heterocycles. The molecule has 0 heterocycles. The number of aryl methyl sites for hydroxylation is 1. The number of para-hydroxylation sites is 1. The fraction of sp³-hybridized carbons (Fsp3) is 0.0800. The third kappa shape index (κ3) is 6.84. The molecule has 0 aliphatic rings. The van der Waals surface area contributed by atoms with Crippen LogP contribution in [0.2, 0.25) is 10.0 Å². The van der Waals surface area contributed by atoms with Gasteiger partial charge in [0.2, 0.25) is 0 Å². The summed E-state index contributed by atoms with van der Waals surface area (Å²) in [5.41, 5.74) is 2.23. The fourth-order valence-corrected chi connectivity index (χ4v) is 3.24. The van der Waals surface area contributed by atoms with Gasteiger partial charge in [-0.25, -0.2) is 0 Å². The molecule has 33 heavy (non-hydrogen) atoms. The van der Waals surface area contributed by atoms with Crippen molar-refractivity contribution in [2.45, 2.75) is 6.92 Å². The van der Waals surface area contributed by atoms with Gasteiger partial charge in [0, 0.05) is 16.3 Å². The van der Waals surface area contributed by atoms with Gasteiger partial charge in [-0.15, -0.1) is 0 Å². The van der Waals surface area contributed by atoms with Crippen molar-refractivity contribution in [1.82, 2.24) is 0 Å². The van der Waals surface area contributed by atoms with Crippen LogP contribution in [0.4, 0.5) is 11.4 Å². The molecular formula is C25H19Cl2N3O3. The van der Waals surface area contributed by atoms with Crippen LogP contribution in [-0.2, 0) is 9.59 Å². The highest BCUT2D eigenvalue weighted by molar-refractivity contribution is 6.33. The van der Waals surface area contributed by atoms with Crippen molar-refractivity contribution in [2.24, 2.45) is 0 Å². The van der Waals surface area contributed by atoms with Crippen molar-refractivity contribution >= 4 is 52.5 Å². The molecule has 0 aliphatic heterocycles. The number of carbonyl (C=O) groups excluding carboxylic acids is 2. The van der Waals surface area contributed by atoms with Crippen LogP contribution in [0.5, 0.6) is 5.75 Å². The minimum Gasteiger partial charge on any atom is -0.483 e. The number of anilines is 2. The number of halogens is 2. The number of nitrogens with one attached hydrogen (secondary N) is 2. The van der Waals surface area contributed by atoms with E-state index in [0.29, 0.717) is 27.0 Å². The van der Waals surface area contributed by atoms with Crippen molar-refractivity contribution in [3.8, 4) is 11.8 Å². The maximum absolute atomic E-state index is 12.6. The van der Waals surface area contributed by atoms with Gasteiger partial charge in [-0.2, -0.15) is 5.26 Å². The summed E-state index contributed by atoms with van der Waals surface area (Å²) < 4.78 is 5.63. The lowest BCUT2D eigenvalue weighted by molar-refractivity contribution is -0.118. The van der Waals surface area contributed by atoms with Crippen molar-refractivity contribution < 1.29 is 14.3 Å². The summed E-state index contributed by atoms with van der Waals surface area (Å²) >= 11 is 12.1. The van der Waals surface area contributed by atoms with Gasteiger partial charge in [0.15, 0.2) is 6.61 Å². The molecule has 0 aromatic heterocycles. The summed E-state index contributed by atoms with van der Waals surface area (Å²) in [5, 5.41) is 15.7. The molecule has 0 bridgehead atoms. The summed E-state index contributed by atoms with van der Waals surface area (Å²) in [6.07, 6.45) is 1.36. The largest absolute Gasteiger partial charge is 0.483 e. The van der Waals surface area contributed by atoms with Crippen LogP contribution in [0.1, 0.15) is 11.1 Å².